The zero-order valence-corrected chi connectivity index (χ0v) is 22.2. The summed E-state index contributed by atoms with van der Waals surface area (Å²) in [6.45, 7) is 2.30. The number of hydrogen-bond donors (Lipinski definition) is 0. The number of para-hydroxylation sites is 1. The van der Waals surface area contributed by atoms with Gasteiger partial charge in [-0.25, -0.2) is 0 Å². The van der Waals surface area contributed by atoms with E-state index in [9.17, 15) is 0 Å². The van der Waals surface area contributed by atoms with E-state index in [1.807, 2.05) is 0 Å². The van der Waals surface area contributed by atoms with Crippen LogP contribution in [-0.2, 0) is 6.42 Å². The van der Waals surface area contributed by atoms with Crippen molar-refractivity contribution in [2.45, 2.75) is 38.1 Å². The van der Waals surface area contributed by atoms with Crippen molar-refractivity contribution >= 4 is 29.1 Å². The van der Waals surface area contributed by atoms with Gasteiger partial charge in [0.25, 0.3) is 0 Å². The van der Waals surface area contributed by atoms with Crippen LogP contribution < -0.4 is 4.90 Å². The predicted octanol–water partition coefficient (Wildman–Crippen LogP) is 9.56. The van der Waals surface area contributed by atoms with E-state index in [1.165, 1.54) is 50.3 Å². The molecule has 3 atom stereocenters. The maximum atomic E-state index is 6.63. The molecular formula is C37H31NO. The van der Waals surface area contributed by atoms with Gasteiger partial charge in [0.15, 0.2) is 0 Å². The van der Waals surface area contributed by atoms with Crippen LogP contribution in [0.5, 0.6) is 0 Å². The van der Waals surface area contributed by atoms with Crippen LogP contribution in [0.15, 0.2) is 108 Å². The molecule has 8 rings (SSSR count). The number of hydrogen-bond acceptors (Lipinski definition) is 2. The Morgan fingerprint density at radius 2 is 1.69 bits per heavy atom. The molecule has 0 saturated heterocycles. The van der Waals surface area contributed by atoms with E-state index in [1.54, 1.807) is 0 Å². The summed E-state index contributed by atoms with van der Waals surface area (Å²) in [5, 5.41) is 0. The summed E-state index contributed by atoms with van der Waals surface area (Å²) >= 11 is 0. The van der Waals surface area contributed by atoms with Gasteiger partial charge in [0.1, 0.15) is 11.5 Å². The second kappa shape index (κ2) is 8.88. The van der Waals surface area contributed by atoms with Gasteiger partial charge in [0, 0.05) is 22.5 Å². The third-order valence-corrected chi connectivity index (χ3v) is 8.80. The summed E-state index contributed by atoms with van der Waals surface area (Å²) in [4.78, 5) is 2.55. The Kier molecular flexibility index (Phi) is 5.16. The molecule has 2 heteroatoms. The van der Waals surface area contributed by atoms with Crippen LogP contribution in [-0.4, -0.2) is 6.04 Å². The lowest BCUT2D eigenvalue weighted by atomic mass is 9.84. The molecule has 0 fully saturated rings. The highest BCUT2D eigenvalue weighted by atomic mass is 16.3. The third kappa shape index (κ3) is 3.62. The molecule has 39 heavy (non-hydrogen) atoms. The SMILES string of the molecule is CC1C=CC=C(c2cc(-c3ccccc3)cc(N3c4ccccc4C4c5oc6c(c5C=CC43)CCC=C6)c2)C1. The van der Waals surface area contributed by atoms with Gasteiger partial charge in [0.05, 0.1) is 12.0 Å². The van der Waals surface area contributed by atoms with E-state index in [2.05, 4.69) is 127 Å². The molecule has 2 heterocycles. The van der Waals surface area contributed by atoms with E-state index in [4.69, 9.17) is 4.42 Å². The van der Waals surface area contributed by atoms with E-state index in [0.717, 1.165) is 30.8 Å². The summed E-state index contributed by atoms with van der Waals surface area (Å²) in [6, 6.07) is 27.0. The minimum atomic E-state index is 0.171. The lowest BCUT2D eigenvalue weighted by Crippen LogP contribution is -2.30. The highest BCUT2D eigenvalue weighted by Gasteiger charge is 2.44. The Hall–Kier alpha value is -4.30. The van der Waals surface area contributed by atoms with Gasteiger partial charge in [-0.05, 0) is 83.3 Å². The van der Waals surface area contributed by atoms with Crippen LogP contribution in [0.3, 0.4) is 0 Å². The second-order valence-electron chi connectivity index (χ2n) is 11.3. The number of benzene rings is 3. The standard InChI is InChI=1S/C37H31NO/c1-24-10-9-13-26(20-24)28-21-27(25-11-3-2-4-12-25)22-29(23-28)38-33-16-7-5-15-32(33)36-34(38)19-18-31-30-14-6-8-17-35(30)39-37(31)36/h2-5,7-13,15-19,21-24,34,36H,6,14,20H2,1H3. The van der Waals surface area contributed by atoms with Crippen molar-refractivity contribution in [1.29, 1.82) is 0 Å². The van der Waals surface area contributed by atoms with Crippen LogP contribution in [0.25, 0.3) is 28.9 Å². The maximum Gasteiger partial charge on any atom is 0.130 e. The highest BCUT2D eigenvalue weighted by Crippen LogP contribution is 2.53. The zero-order valence-electron chi connectivity index (χ0n) is 22.2. The van der Waals surface area contributed by atoms with Gasteiger partial charge in [-0.3, -0.25) is 0 Å². The topological polar surface area (TPSA) is 16.4 Å². The van der Waals surface area contributed by atoms with Crippen LogP contribution in [0.2, 0.25) is 0 Å². The van der Waals surface area contributed by atoms with Crippen molar-refractivity contribution in [3.05, 3.63) is 137 Å². The molecule has 0 radical (unpaired) electrons. The zero-order chi connectivity index (χ0) is 25.9. The number of furan rings is 1. The van der Waals surface area contributed by atoms with Crippen molar-refractivity contribution in [3.63, 3.8) is 0 Å². The number of allylic oxidation sites excluding steroid dienone is 5. The fourth-order valence-corrected chi connectivity index (χ4v) is 7.00. The Labute approximate surface area is 230 Å². The molecule has 1 aromatic heterocycles. The number of rotatable bonds is 3. The monoisotopic (exact) mass is 505 g/mol. The fraction of sp³-hybridized carbons (Fsp3) is 0.189. The first-order chi connectivity index (χ1) is 19.2. The molecule has 190 valence electrons. The number of nitrogens with zero attached hydrogens (tertiary/aromatic N) is 1. The van der Waals surface area contributed by atoms with Gasteiger partial charge < -0.3 is 9.32 Å². The lowest BCUT2D eigenvalue weighted by molar-refractivity contribution is 0.466. The summed E-state index contributed by atoms with van der Waals surface area (Å²) in [6.07, 6.45) is 19.2. The van der Waals surface area contributed by atoms with Gasteiger partial charge in [0.2, 0.25) is 0 Å². The van der Waals surface area contributed by atoms with E-state index >= 15 is 0 Å². The average Bonchev–Trinajstić information content (AvgIpc) is 3.53. The van der Waals surface area contributed by atoms with E-state index < -0.39 is 0 Å². The minimum absolute atomic E-state index is 0.171. The summed E-state index contributed by atoms with van der Waals surface area (Å²) in [5.74, 6) is 2.90. The summed E-state index contributed by atoms with van der Waals surface area (Å²) < 4.78 is 6.63. The molecule has 0 bridgehead atoms. The van der Waals surface area contributed by atoms with Crippen LogP contribution in [0.4, 0.5) is 11.4 Å². The molecule has 4 aliphatic rings. The molecule has 0 N–H and O–H groups in total. The number of fused-ring (bicyclic) bond motifs is 7. The Balaban J connectivity index is 1.31. The second-order valence-corrected chi connectivity index (χ2v) is 11.3. The first-order valence-corrected chi connectivity index (χ1v) is 14.2. The summed E-state index contributed by atoms with van der Waals surface area (Å²) in [5.41, 5.74) is 11.8. The summed E-state index contributed by atoms with van der Waals surface area (Å²) in [7, 11) is 0. The van der Waals surface area contributed by atoms with Crippen molar-refractivity contribution in [2.24, 2.45) is 5.92 Å². The van der Waals surface area contributed by atoms with Crippen molar-refractivity contribution < 1.29 is 4.42 Å². The molecule has 1 aliphatic heterocycles. The van der Waals surface area contributed by atoms with Crippen molar-refractivity contribution in [1.82, 2.24) is 0 Å². The molecule has 0 saturated carbocycles. The first kappa shape index (κ1) is 22.7. The Morgan fingerprint density at radius 1 is 0.846 bits per heavy atom. The molecule has 3 aliphatic carbocycles. The van der Waals surface area contributed by atoms with Gasteiger partial charge in [-0.1, -0.05) is 91.9 Å². The van der Waals surface area contributed by atoms with Gasteiger partial charge >= 0.3 is 0 Å². The number of anilines is 2. The molecule has 4 aromatic rings. The Morgan fingerprint density at radius 3 is 2.59 bits per heavy atom. The fourth-order valence-electron chi connectivity index (χ4n) is 7.00. The molecule has 0 amide bonds. The Bertz CT molecular complexity index is 1710. The largest absolute Gasteiger partial charge is 0.460 e. The van der Waals surface area contributed by atoms with Gasteiger partial charge in [-0.15, -0.1) is 0 Å². The van der Waals surface area contributed by atoms with Crippen molar-refractivity contribution in [3.8, 4) is 11.1 Å². The van der Waals surface area contributed by atoms with Crippen LogP contribution in [0.1, 0.15) is 59.5 Å². The first-order valence-electron chi connectivity index (χ1n) is 14.2. The van der Waals surface area contributed by atoms with Crippen molar-refractivity contribution in [2.75, 3.05) is 4.90 Å². The minimum Gasteiger partial charge on any atom is -0.460 e. The van der Waals surface area contributed by atoms with E-state index in [0.29, 0.717) is 5.92 Å². The molecule has 3 unspecified atom stereocenters. The third-order valence-electron chi connectivity index (χ3n) is 8.80. The maximum absolute atomic E-state index is 6.63. The van der Waals surface area contributed by atoms with Crippen LogP contribution >= 0.6 is 0 Å². The average molecular weight is 506 g/mol. The smallest absolute Gasteiger partial charge is 0.130 e. The quantitative estimate of drug-likeness (QED) is 0.276. The van der Waals surface area contributed by atoms with E-state index in [-0.39, 0.29) is 12.0 Å². The molecule has 3 aromatic carbocycles. The molecule has 0 spiro atoms. The lowest BCUT2D eigenvalue weighted by Gasteiger charge is -2.31. The van der Waals surface area contributed by atoms with Crippen LogP contribution in [0, 0.1) is 5.92 Å². The molecular weight excluding hydrogens is 474 g/mol. The predicted molar refractivity (Wildman–Crippen MR) is 162 cm³/mol. The molecule has 2 nitrogen and oxygen atoms in total. The van der Waals surface area contributed by atoms with Gasteiger partial charge in [-0.2, -0.15) is 0 Å². The normalized spacial score (nSPS) is 22.2. The highest BCUT2D eigenvalue weighted by molar-refractivity contribution is 5.85.